The smallest absolute Gasteiger partial charge is 0.176 e. The van der Waals surface area contributed by atoms with Crippen molar-refractivity contribution in [2.24, 2.45) is 5.73 Å². The summed E-state index contributed by atoms with van der Waals surface area (Å²) in [4.78, 5) is -0.00265. The molecule has 0 saturated carbocycles. The summed E-state index contributed by atoms with van der Waals surface area (Å²) >= 11 is 5.73. The Balaban J connectivity index is 3.21. The molecule has 3 nitrogen and oxygen atoms in total. The van der Waals surface area contributed by atoms with Crippen molar-refractivity contribution in [3.05, 3.63) is 28.8 Å². The molecule has 0 saturated heterocycles. The Bertz CT molecular complexity index is 461. The standard InChI is InChI=1S/C9H11ClFNO2S/c1-15(13,14)9-3-2-6(4-7(9)10)8(11)5-12/h2-4,8H,5,12H2,1H3. The molecule has 1 unspecified atom stereocenters. The molecule has 0 aliphatic heterocycles. The third kappa shape index (κ3) is 2.90. The summed E-state index contributed by atoms with van der Waals surface area (Å²) in [6.07, 6.45) is -0.278. The van der Waals surface area contributed by atoms with E-state index in [0.29, 0.717) is 0 Å². The van der Waals surface area contributed by atoms with Crippen LogP contribution in [0.1, 0.15) is 11.7 Å². The fourth-order valence-corrected chi connectivity index (χ4v) is 2.49. The maximum absolute atomic E-state index is 13.1. The molecular weight excluding hydrogens is 241 g/mol. The van der Waals surface area contributed by atoms with Crippen LogP contribution in [0.2, 0.25) is 5.02 Å². The van der Waals surface area contributed by atoms with E-state index in [2.05, 4.69) is 0 Å². The van der Waals surface area contributed by atoms with Crippen LogP contribution < -0.4 is 5.73 Å². The molecule has 0 aliphatic rings. The average molecular weight is 252 g/mol. The molecule has 15 heavy (non-hydrogen) atoms. The molecule has 0 spiro atoms. The molecule has 0 aliphatic carbocycles. The van der Waals surface area contributed by atoms with Gasteiger partial charge < -0.3 is 5.73 Å². The van der Waals surface area contributed by atoms with Gasteiger partial charge in [0.05, 0.1) is 9.92 Å². The maximum atomic E-state index is 13.1. The van der Waals surface area contributed by atoms with E-state index < -0.39 is 16.0 Å². The topological polar surface area (TPSA) is 60.2 Å². The summed E-state index contributed by atoms with van der Waals surface area (Å²) in [7, 11) is -3.37. The van der Waals surface area contributed by atoms with Crippen molar-refractivity contribution in [2.45, 2.75) is 11.1 Å². The highest BCUT2D eigenvalue weighted by Gasteiger charge is 2.15. The van der Waals surface area contributed by atoms with Crippen LogP contribution in [0.4, 0.5) is 4.39 Å². The zero-order valence-corrected chi connectivity index (χ0v) is 9.65. The molecule has 1 rings (SSSR count). The highest BCUT2D eigenvalue weighted by Crippen LogP contribution is 2.26. The van der Waals surface area contributed by atoms with E-state index in [4.69, 9.17) is 17.3 Å². The van der Waals surface area contributed by atoms with Crippen LogP contribution in [0.3, 0.4) is 0 Å². The van der Waals surface area contributed by atoms with Crippen LogP contribution in [0.25, 0.3) is 0 Å². The molecule has 1 aromatic carbocycles. The zero-order chi connectivity index (χ0) is 11.6. The van der Waals surface area contributed by atoms with E-state index in [1.54, 1.807) is 0 Å². The van der Waals surface area contributed by atoms with Gasteiger partial charge >= 0.3 is 0 Å². The Kier molecular flexibility index (Phi) is 3.70. The van der Waals surface area contributed by atoms with Crippen molar-refractivity contribution in [3.63, 3.8) is 0 Å². The predicted octanol–water partition coefficient (Wildman–Crippen LogP) is 1.71. The number of halogens is 2. The van der Waals surface area contributed by atoms with Gasteiger partial charge in [-0.2, -0.15) is 0 Å². The molecule has 2 N–H and O–H groups in total. The Labute approximate surface area is 93.0 Å². The van der Waals surface area contributed by atoms with Gasteiger partial charge in [0.2, 0.25) is 0 Å². The Morgan fingerprint density at radius 3 is 2.53 bits per heavy atom. The van der Waals surface area contributed by atoms with E-state index in [1.165, 1.54) is 18.2 Å². The number of hydrogen-bond donors (Lipinski definition) is 1. The number of benzene rings is 1. The first-order chi connectivity index (χ1) is 6.86. The molecule has 0 aromatic heterocycles. The molecular formula is C9H11ClFNO2S. The Morgan fingerprint density at radius 2 is 2.13 bits per heavy atom. The van der Waals surface area contributed by atoms with Gasteiger partial charge in [-0.25, -0.2) is 12.8 Å². The summed E-state index contributed by atoms with van der Waals surface area (Å²) in [6.45, 7) is -0.158. The van der Waals surface area contributed by atoms with Crippen molar-refractivity contribution in [1.82, 2.24) is 0 Å². The second-order valence-electron chi connectivity index (χ2n) is 3.17. The number of alkyl halides is 1. The van der Waals surface area contributed by atoms with Crippen molar-refractivity contribution in [1.29, 1.82) is 0 Å². The summed E-state index contributed by atoms with van der Waals surface area (Å²) in [5.74, 6) is 0. The lowest BCUT2D eigenvalue weighted by Gasteiger charge is -2.08. The number of rotatable bonds is 3. The van der Waals surface area contributed by atoms with Gasteiger partial charge in [-0.3, -0.25) is 0 Å². The van der Waals surface area contributed by atoms with E-state index in [0.717, 1.165) is 6.26 Å². The lowest BCUT2D eigenvalue weighted by atomic mass is 10.1. The van der Waals surface area contributed by atoms with Crippen LogP contribution >= 0.6 is 11.6 Å². The lowest BCUT2D eigenvalue weighted by molar-refractivity contribution is 0.353. The minimum absolute atomic E-state index is 0.00265. The number of hydrogen-bond acceptors (Lipinski definition) is 3. The van der Waals surface area contributed by atoms with Crippen LogP contribution in [0.5, 0.6) is 0 Å². The molecule has 6 heteroatoms. The van der Waals surface area contributed by atoms with Crippen molar-refractivity contribution in [3.8, 4) is 0 Å². The van der Waals surface area contributed by atoms with Crippen LogP contribution in [-0.2, 0) is 9.84 Å². The van der Waals surface area contributed by atoms with Gasteiger partial charge in [0, 0.05) is 12.8 Å². The molecule has 0 amide bonds. The van der Waals surface area contributed by atoms with E-state index in [-0.39, 0.29) is 22.0 Å². The molecule has 0 bridgehead atoms. The predicted molar refractivity (Wildman–Crippen MR) is 57.5 cm³/mol. The van der Waals surface area contributed by atoms with Gasteiger partial charge in [-0.05, 0) is 17.7 Å². The van der Waals surface area contributed by atoms with E-state index >= 15 is 0 Å². The van der Waals surface area contributed by atoms with E-state index in [9.17, 15) is 12.8 Å². The van der Waals surface area contributed by atoms with Gasteiger partial charge in [0.1, 0.15) is 6.17 Å². The van der Waals surface area contributed by atoms with E-state index in [1.807, 2.05) is 0 Å². The molecule has 1 aromatic rings. The Morgan fingerprint density at radius 1 is 1.53 bits per heavy atom. The van der Waals surface area contributed by atoms with Gasteiger partial charge in [0.15, 0.2) is 9.84 Å². The normalized spacial score (nSPS) is 13.9. The van der Waals surface area contributed by atoms with Crippen molar-refractivity contribution >= 4 is 21.4 Å². The maximum Gasteiger partial charge on any atom is 0.176 e. The summed E-state index contributed by atoms with van der Waals surface area (Å²) < 4.78 is 35.5. The van der Waals surface area contributed by atoms with Gasteiger partial charge in [-0.1, -0.05) is 17.7 Å². The highest BCUT2D eigenvalue weighted by atomic mass is 35.5. The first-order valence-corrected chi connectivity index (χ1v) is 6.47. The minimum Gasteiger partial charge on any atom is -0.327 e. The monoisotopic (exact) mass is 251 g/mol. The second-order valence-corrected chi connectivity index (χ2v) is 5.56. The van der Waals surface area contributed by atoms with Crippen LogP contribution in [0, 0.1) is 0 Å². The van der Waals surface area contributed by atoms with Crippen molar-refractivity contribution < 1.29 is 12.8 Å². The number of nitrogens with two attached hydrogens (primary N) is 1. The second kappa shape index (κ2) is 4.47. The summed E-state index contributed by atoms with van der Waals surface area (Å²) in [6, 6.07) is 3.95. The minimum atomic E-state index is -3.37. The SMILES string of the molecule is CS(=O)(=O)c1ccc(C(F)CN)cc1Cl. The third-order valence-electron chi connectivity index (χ3n) is 1.92. The quantitative estimate of drug-likeness (QED) is 0.890. The lowest BCUT2D eigenvalue weighted by Crippen LogP contribution is -2.08. The fourth-order valence-electron chi connectivity index (χ4n) is 1.15. The number of sulfone groups is 1. The summed E-state index contributed by atoms with van der Waals surface area (Å²) in [5, 5.41) is 0.0195. The zero-order valence-electron chi connectivity index (χ0n) is 8.07. The van der Waals surface area contributed by atoms with Crippen molar-refractivity contribution in [2.75, 3.05) is 12.8 Å². The van der Waals surface area contributed by atoms with Crippen LogP contribution in [0.15, 0.2) is 23.1 Å². The summed E-state index contributed by atoms with van der Waals surface area (Å²) in [5.41, 5.74) is 5.43. The highest BCUT2D eigenvalue weighted by molar-refractivity contribution is 7.90. The third-order valence-corrected chi connectivity index (χ3v) is 3.50. The van der Waals surface area contributed by atoms with Crippen LogP contribution in [-0.4, -0.2) is 21.2 Å². The molecule has 0 heterocycles. The average Bonchev–Trinajstić information content (AvgIpc) is 2.14. The molecule has 1 atom stereocenters. The first kappa shape index (κ1) is 12.4. The molecule has 0 radical (unpaired) electrons. The molecule has 84 valence electrons. The van der Waals surface area contributed by atoms with Gasteiger partial charge in [0.25, 0.3) is 0 Å². The fraction of sp³-hybridized carbons (Fsp3) is 0.333. The molecule has 0 fully saturated rings. The largest absolute Gasteiger partial charge is 0.327 e. The first-order valence-electron chi connectivity index (χ1n) is 4.20. The van der Waals surface area contributed by atoms with Gasteiger partial charge in [-0.15, -0.1) is 0 Å². The Hall–Kier alpha value is -0.650.